The Morgan fingerprint density at radius 1 is 1.50 bits per heavy atom. The van der Waals surface area contributed by atoms with Crippen LogP contribution in [0.2, 0.25) is 0 Å². The quantitative estimate of drug-likeness (QED) is 0.782. The van der Waals surface area contributed by atoms with Gasteiger partial charge in [0.25, 0.3) is 0 Å². The summed E-state index contributed by atoms with van der Waals surface area (Å²) in [5.41, 5.74) is 0.761. The van der Waals surface area contributed by atoms with E-state index in [4.69, 9.17) is 4.74 Å². The van der Waals surface area contributed by atoms with Crippen LogP contribution < -0.4 is 10.6 Å². The van der Waals surface area contributed by atoms with E-state index in [2.05, 4.69) is 26.6 Å². The molecule has 0 aliphatic rings. The van der Waals surface area contributed by atoms with Gasteiger partial charge in [0.2, 0.25) is 5.91 Å². The molecular formula is C11H15BrN2O2. The first-order valence-corrected chi connectivity index (χ1v) is 5.79. The van der Waals surface area contributed by atoms with Gasteiger partial charge in [0.15, 0.2) is 0 Å². The molecule has 0 saturated carbocycles. The number of amides is 1. The summed E-state index contributed by atoms with van der Waals surface area (Å²) in [6.45, 7) is 1.35. The number of anilines is 1. The van der Waals surface area contributed by atoms with E-state index in [-0.39, 0.29) is 12.5 Å². The number of nitrogens with one attached hydrogen (secondary N) is 2. The van der Waals surface area contributed by atoms with Crippen molar-refractivity contribution in [1.82, 2.24) is 5.32 Å². The van der Waals surface area contributed by atoms with E-state index < -0.39 is 0 Å². The minimum absolute atomic E-state index is 0.0776. The van der Waals surface area contributed by atoms with Crippen molar-refractivity contribution in [2.24, 2.45) is 0 Å². The first-order valence-electron chi connectivity index (χ1n) is 5.00. The van der Waals surface area contributed by atoms with Crippen LogP contribution in [0.1, 0.15) is 0 Å². The molecule has 2 N–H and O–H groups in total. The largest absolute Gasteiger partial charge is 0.370 e. The van der Waals surface area contributed by atoms with Crippen LogP contribution >= 0.6 is 15.9 Å². The molecule has 0 bridgehead atoms. The van der Waals surface area contributed by atoms with E-state index in [1.54, 1.807) is 0 Å². The topological polar surface area (TPSA) is 50.4 Å². The predicted molar refractivity (Wildman–Crippen MR) is 67.5 cm³/mol. The van der Waals surface area contributed by atoms with Crippen molar-refractivity contribution in [3.05, 3.63) is 28.7 Å². The maximum absolute atomic E-state index is 11.4. The summed E-state index contributed by atoms with van der Waals surface area (Å²) in [5.74, 6) is -0.144. The maximum Gasteiger partial charge on any atom is 0.250 e. The number of rotatable bonds is 6. The number of likely N-dealkylation sites (N-methyl/N-ethyl adjacent to an activating group) is 1. The average molecular weight is 287 g/mol. The molecule has 0 unspecified atom stereocenters. The summed E-state index contributed by atoms with van der Waals surface area (Å²) >= 11 is 3.33. The zero-order valence-electron chi connectivity index (χ0n) is 9.13. The third-order valence-electron chi connectivity index (χ3n) is 1.84. The summed E-state index contributed by atoms with van der Waals surface area (Å²) in [4.78, 5) is 11.4. The lowest BCUT2D eigenvalue weighted by atomic mass is 10.3. The van der Waals surface area contributed by atoms with Gasteiger partial charge in [-0.25, -0.2) is 0 Å². The van der Waals surface area contributed by atoms with Gasteiger partial charge in [0.1, 0.15) is 6.61 Å². The second kappa shape index (κ2) is 7.38. The first kappa shape index (κ1) is 13.2. The van der Waals surface area contributed by atoms with Crippen LogP contribution in [0.5, 0.6) is 0 Å². The molecule has 1 aromatic carbocycles. The molecular weight excluding hydrogens is 272 g/mol. The summed E-state index contributed by atoms with van der Waals surface area (Å²) in [5, 5.41) is 5.68. The summed E-state index contributed by atoms with van der Waals surface area (Å²) in [7, 11) is 1.84. The SMILES string of the molecule is CNCCOCC(=O)Nc1cccc(Br)c1. The van der Waals surface area contributed by atoms with E-state index in [9.17, 15) is 4.79 Å². The van der Waals surface area contributed by atoms with Crippen LogP contribution in [0.25, 0.3) is 0 Å². The van der Waals surface area contributed by atoms with Gasteiger partial charge >= 0.3 is 0 Å². The molecule has 1 amide bonds. The maximum atomic E-state index is 11.4. The Hall–Kier alpha value is -0.910. The van der Waals surface area contributed by atoms with E-state index in [0.29, 0.717) is 6.61 Å². The normalized spacial score (nSPS) is 10.1. The molecule has 1 aromatic rings. The smallest absolute Gasteiger partial charge is 0.250 e. The van der Waals surface area contributed by atoms with Crippen LogP contribution in [-0.4, -0.2) is 32.7 Å². The van der Waals surface area contributed by atoms with Gasteiger partial charge in [-0.15, -0.1) is 0 Å². The van der Waals surface area contributed by atoms with Crippen molar-refractivity contribution < 1.29 is 9.53 Å². The Bertz CT molecular complexity index is 345. The molecule has 16 heavy (non-hydrogen) atoms. The van der Waals surface area contributed by atoms with Gasteiger partial charge in [-0.1, -0.05) is 22.0 Å². The molecule has 0 aliphatic heterocycles. The van der Waals surface area contributed by atoms with Crippen molar-refractivity contribution in [1.29, 1.82) is 0 Å². The molecule has 1 rings (SSSR count). The standard InChI is InChI=1S/C11H15BrN2O2/c1-13-5-6-16-8-11(15)14-10-4-2-3-9(12)7-10/h2-4,7,13H,5-6,8H2,1H3,(H,14,15). The zero-order chi connectivity index (χ0) is 11.8. The number of halogens is 1. The number of carbonyl (C=O) groups is 1. The Morgan fingerprint density at radius 3 is 3.00 bits per heavy atom. The fourth-order valence-electron chi connectivity index (χ4n) is 1.10. The lowest BCUT2D eigenvalue weighted by Crippen LogP contribution is -2.21. The highest BCUT2D eigenvalue weighted by atomic mass is 79.9. The number of ether oxygens (including phenoxy) is 1. The van der Waals surface area contributed by atoms with E-state index >= 15 is 0 Å². The predicted octanol–water partition coefficient (Wildman–Crippen LogP) is 1.62. The lowest BCUT2D eigenvalue weighted by Gasteiger charge is -2.06. The monoisotopic (exact) mass is 286 g/mol. The van der Waals surface area contributed by atoms with Crippen molar-refractivity contribution in [3.8, 4) is 0 Å². The molecule has 0 atom stereocenters. The first-order chi connectivity index (χ1) is 7.72. The molecule has 0 radical (unpaired) electrons. The number of hydrogen-bond donors (Lipinski definition) is 2. The third kappa shape index (κ3) is 5.25. The Morgan fingerprint density at radius 2 is 2.31 bits per heavy atom. The van der Waals surface area contributed by atoms with Gasteiger partial charge in [0, 0.05) is 16.7 Å². The summed E-state index contributed by atoms with van der Waals surface area (Å²) in [6.07, 6.45) is 0. The van der Waals surface area contributed by atoms with Crippen molar-refractivity contribution in [3.63, 3.8) is 0 Å². The van der Waals surface area contributed by atoms with Crippen molar-refractivity contribution in [2.45, 2.75) is 0 Å². The molecule has 4 nitrogen and oxygen atoms in total. The second-order valence-electron chi connectivity index (χ2n) is 3.21. The molecule has 0 heterocycles. The number of benzene rings is 1. The number of hydrogen-bond acceptors (Lipinski definition) is 3. The fraction of sp³-hybridized carbons (Fsp3) is 0.364. The summed E-state index contributed by atoms with van der Waals surface area (Å²) < 4.78 is 6.08. The Kier molecular flexibility index (Phi) is 6.07. The van der Waals surface area contributed by atoms with E-state index in [0.717, 1.165) is 16.7 Å². The van der Waals surface area contributed by atoms with Crippen LogP contribution in [0.4, 0.5) is 5.69 Å². The molecule has 0 spiro atoms. The molecule has 0 fully saturated rings. The van der Waals surface area contributed by atoms with Gasteiger partial charge in [-0.3, -0.25) is 4.79 Å². The Balaban J connectivity index is 2.29. The molecule has 5 heteroatoms. The number of carbonyl (C=O) groups excluding carboxylic acids is 1. The van der Waals surface area contributed by atoms with Crippen molar-refractivity contribution >= 4 is 27.5 Å². The highest BCUT2D eigenvalue weighted by Crippen LogP contribution is 2.15. The van der Waals surface area contributed by atoms with Crippen LogP contribution in [0.15, 0.2) is 28.7 Å². The van der Waals surface area contributed by atoms with Gasteiger partial charge < -0.3 is 15.4 Å². The third-order valence-corrected chi connectivity index (χ3v) is 2.33. The Labute approximate surface area is 103 Å². The highest BCUT2D eigenvalue weighted by molar-refractivity contribution is 9.10. The van der Waals surface area contributed by atoms with Gasteiger partial charge in [-0.2, -0.15) is 0 Å². The van der Waals surface area contributed by atoms with Gasteiger partial charge in [-0.05, 0) is 25.2 Å². The minimum atomic E-state index is -0.144. The van der Waals surface area contributed by atoms with Crippen molar-refractivity contribution in [2.75, 3.05) is 32.1 Å². The van der Waals surface area contributed by atoms with Crippen LogP contribution in [-0.2, 0) is 9.53 Å². The zero-order valence-corrected chi connectivity index (χ0v) is 10.7. The lowest BCUT2D eigenvalue weighted by molar-refractivity contribution is -0.120. The molecule has 0 aliphatic carbocycles. The highest BCUT2D eigenvalue weighted by Gasteiger charge is 2.02. The molecule has 0 aromatic heterocycles. The van der Waals surface area contributed by atoms with E-state index in [1.807, 2.05) is 31.3 Å². The molecule has 0 saturated heterocycles. The average Bonchev–Trinajstić information content (AvgIpc) is 2.24. The fourth-order valence-corrected chi connectivity index (χ4v) is 1.50. The second-order valence-corrected chi connectivity index (χ2v) is 4.13. The van der Waals surface area contributed by atoms with Crippen LogP contribution in [0, 0.1) is 0 Å². The van der Waals surface area contributed by atoms with E-state index in [1.165, 1.54) is 0 Å². The molecule has 88 valence electrons. The van der Waals surface area contributed by atoms with Gasteiger partial charge in [0.05, 0.1) is 6.61 Å². The van der Waals surface area contributed by atoms with Crippen LogP contribution in [0.3, 0.4) is 0 Å². The minimum Gasteiger partial charge on any atom is -0.370 e. The summed E-state index contributed by atoms with van der Waals surface area (Å²) in [6, 6.07) is 7.43.